The summed E-state index contributed by atoms with van der Waals surface area (Å²) in [6.45, 7) is 2.54. The minimum Gasteiger partial charge on any atom is -0.353 e. The molecule has 3 unspecified atom stereocenters. The normalized spacial score (nSPS) is 23.0. The zero-order valence-corrected chi connectivity index (χ0v) is 12.6. The molecule has 3 atom stereocenters. The third-order valence-electron chi connectivity index (χ3n) is 4.54. The van der Waals surface area contributed by atoms with Crippen molar-refractivity contribution in [2.45, 2.75) is 45.1 Å². The fraction of sp³-hybridized carbons (Fsp3) is 0.588. The fourth-order valence-corrected chi connectivity index (χ4v) is 3.04. The molecule has 3 nitrogen and oxygen atoms in total. The molecule has 0 aromatic heterocycles. The van der Waals surface area contributed by atoms with Crippen LogP contribution in [0.15, 0.2) is 24.3 Å². The molecule has 1 saturated carbocycles. The van der Waals surface area contributed by atoms with Gasteiger partial charge in [0.15, 0.2) is 0 Å². The molecule has 1 fully saturated rings. The first-order chi connectivity index (χ1) is 10.1. The van der Waals surface area contributed by atoms with Gasteiger partial charge in [0, 0.05) is 12.0 Å². The van der Waals surface area contributed by atoms with Crippen molar-refractivity contribution in [3.63, 3.8) is 0 Å². The molecule has 0 heterocycles. The van der Waals surface area contributed by atoms with Gasteiger partial charge >= 0.3 is 0 Å². The minimum atomic E-state index is -0.191. The van der Waals surface area contributed by atoms with E-state index < -0.39 is 0 Å². The molecule has 2 rings (SSSR count). The van der Waals surface area contributed by atoms with Crippen LogP contribution in [0.25, 0.3) is 0 Å². The van der Waals surface area contributed by atoms with Gasteiger partial charge in [-0.25, -0.2) is 4.39 Å². The lowest BCUT2D eigenvalue weighted by molar-refractivity contribution is -0.125. The van der Waals surface area contributed by atoms with Crippen molar-refractivity contribution < 1.29 is 9.18 Å². The highest BCUT2D eigenvalue weighted by atomic mass is 19.1. The Morgan fingerprint density at radius 1 is 1.43 bits per heavy atom. The van der Waals surface area contributed by atoms with E-state index in [9.17, 15) is 9.18 Å². The van der Waals surface area contributed by atoms with Crippen LogP contribution in [0, 0.1) is 17.7 Å². The van der Waals surface area contributed by atoms with E-state index >= 15 is 0 Å². The van der Waals surface area contributed by atoms with Crippen molar-refractivity contribution in [1.29, 1.82) is 0 Å². The van der Waals surface area contributed by atoms with E-state index in [2.05, 4.69) is 5.32 Å². The third kappa shape index (κ3) is 4.27. The molecule has 21 heavy (non-hydrogen) atoms. The lowest BCUT2D eigenvalue weighted by Crippen LogP contribution is -2.42. The number of benzene rings is 1. The van der Waals surface area contributed by atoms with Crippen molar-refractivity contribution in [2.75, 3.05) is 6.54 Å². The maximum atomic E-state index is 13.6. The van der Waals surface area contributed by atoms with Gasteiger partial charge in [-0.2, -0.15) is 0 Å². The summed E-state index contributed by atoms with van der Waals surface area (Å²) in [4.78, 5) is 12.2. The van der Waals surface area contributed by atoms with Crippen molar-refractivity contribution in [3.8, 4) is 0 Å². The second-order valence-electron chi connectivity index (χ2n) is 6.07. The highest BCUT2D eigenvalue weighted by Crippen LogP contribution is 2.25. The SMILES string of the molecule is CC(CCc1ccccc1F)C(=O)NC1CCCC1CN. The number of carbonyl (C=O) groups excluding carboxylic acids is 1. The highest BCUT2D eigenvalue weighted by molar-refractivity contribution is 5.78. The van der Waals surface area contributed by atoms with E-state index in [4.69, 9.17) is 5.73 Å². The van der Waals surface area contributed by atoms with Crippen LogP contribution in [-0.2, 0) is 11.2 Å². The first-order valence-corrected chi connectivity index (χ1v) is 7.85. The number of hydrogen-bond acceptors (Lipinski definition) is 2. The van der Waals surface area contributed by atoms with Crippen LogP contribution in [0.2, 0.25) is 0 Å². The van der Waals surface area contributed by atoms with Crippen molar-refractivity contribution in [3.05, 3.63) is 35.6 Å². The van der Waals surface area contributed by atoms with E-state index in [1.807, 2.05) is 13.0 Å². The zero-order valence-electron chi connectivity index (χ0n) is 12.6. The first kappa shape index (κ1) is 16.0. The number of carbonyl (C=O) groups is 1. The van der Waals surface area contributed by atoms with Gasteiger partial charge in [0.25, 0.3) is 0 Å². The van der Waals surface area contributed by atoms with E-state index in [0.717, 1.165) is 19.3 Å². The Labute approximate surface area is 126 Å². The predicted octanol–water partition coefficient (Wildman–Crippen LogP) is 2.64. The number of hydrogen-bond donors (Lipinski definition) is 2. The van der Waals surface area contributed by atoms with Crippen LogP contribution in [0.4, 0.5) is 4.39 Å². The lowest BCUT2D eigenvalue weighted by atomic mass is 9.98. The molecule has 1 aromatic carbocycles. The Morgan fingerprint density at radius 2 is 2.19 bits per heavy atom. The molecular formula is C17H25FN2O. The molecule has 4 heteroatoms. The Kier molecular flexibility index (Phi) is 5.74. The van der Waals surface area contributed by atoms with E-state index in [1.54, 1.807) is 12.1 Å². The summed E-state index contributed by atoms with van der Waals surface area (Å²) in [6.07, 6.45) is 4.51. The molecule has 0 saturated heterocycles. The zero-order chi connectivity index (χ0) is 15.2. The standard InChI is InChI=1S/C17H25FN2O/c1-12(9-10-13-5-2-3-7-15(13)18)17(21)20-16-8-4-6-14(16)11-19/h2-3,5,7,12,14,16H,4,6,8-11,19H2,1H3,(H,20,21). The predicted molar refractivity (Wildman–Crippen MR) is 82.2 cm³/mol. The molecule has 0 bridgehead atoms. The molecule has 1 aromatic rings. The monoisotopic (exact) mass is 292 g/mol. The van der Waals surface area contributed by atoms with Gasteiger partial charge in [-0.05, 0) is 49.8 Å². The van der Waals surface area contributed by atoms with Crippen molar-refractivity contribution in [2.24, 2.45) is 17.6 Å². The lowest BCUT2D eigenvalue weighted by Gasteiger charge is -2.22. The van der Waals surface area contributed by atoms with Gasteiger partial charge in [0.05, 0.1) is 0 Å². The first-order valence-electron chi connectivity index (χ1n) is 7.85. The van der Waals surface area contributed by atoms with Gasteiger partial charge in [0.2, 0.25) is 5.91 Å². The van der Waals surface area contributed by atoms with Gasteiger partial charge in [-0.15, -0.1) is 0 Å². The number of amides is 1. The van der Waals surface area contributed by atoms with Gasteiger partial charge < -0.3 is 11.1 Å². The largest absolute Gasteiger partial charge is 0.353 e. The molecule has 116 valence electrons. The summed E-state index contributed by atoms with van der Waals surface area (Å²) in [5.74, 6) is 0.178. The Bertz CT molecular complexity index is 478. The maximum Gasteiger partial charge on any atom is 0.223 e. The average molecular weight is 292 g/mol. The fourth-order valence-electron chi connectivity index (χ4n) is 3.04. The molecule has 1 aliphatic rings. The number of rotatable bonds is 6. The summed E-state index contributed by atoms with van der Waals surface area (Å²) in [7, 11) is 0. The van der Waals surface area contributed by atoms with Crippen molar-refractivity contribution >= 4 is 5.91 Å². The topological polar surface area (TPSA) is 55.1 Å². The molecule has 3 N–H and O–H groups in total. The second kappa shape index (κ2) is 7.55. The maximum absolute atomic E-state index is 13.6. The second-order valence-corrected chi connectivity index (χ2v) is 6.07. The van der Waals surface area contributed by atoms with Crippen LogP contribution < -0.4 is 11.1 Å². The Morgan fingerprint density at radius 3 is 2.90 bits per heavy atom. The van der Waals surface area contributed by atoms with Crippen molar-refractivity contribution in [1.82, 2.24) is 5.32 Å². The van der Waals surface area contributed by atoms with Gasteiger partial charge in [-0.3, -0.25) is 4.79 Å². The number of nitrogens with two attached hydrogens (primary N) is 1. The summed E-state index contributed by atoms with van der Waals surface area (Å²) in [6, 6.07) is 6.97. The van der Waals surface area contributed by atoms with Crippen LogP contribution in [0.1, 0.15) is 38.2 Å². The number of aryl methyl sites for hydroxylation is 1. The molecule has 1 aliphatic carbocycles. The summed E-state index contributed by atoms with van der Waals surface area (Å²) in [5.41, 5.74) is 6.41. The Hall–Kier alpha value is -1.42. The quantitative estimate of drug-likeness (QED) is 0.847. The number of nitrogens with one attached hydrogen (secondary N) is 1. The van der Waals surface area contributed by atoms with E-state index in [-0.39, 0.29) is 23.7 Å². The Balaban J connectivity index is 1.81. The van der Waals surface area contributed by atoms with Crippen LogP contribution >= 0.6 is 0 Å². The minimum absolute atomic E-state index is 0.0664. The van der Waals surface area contributed by atoms with Crippen LogP contribution in [-0.4, -0.2) is 18.5 Å². The van der Waals surface area contributed by atoms with Crippen LogP contribution in [0.3, 0.4) is 0 Å². The molecule has 1 amide bonds. The summed E-state index contributed by atoms with van der Waals surface area (Å²) < 4.78 is 13.6. The van der Waals surface area contributed by atoms with E-state index in [0.29, 0.717) is 30.9 Å². The third-order valence-corrected chi connectivity index (χ3v) is 4.54. The summed E-state index contributed by atoms with van der Waals surface area (Å²) in [5, 5.41) is 3.12. The molecule has 0 radical (unpaired) electrons. The highest BCUT2D eigenvalue weighted by Gasteiger charge is 2.28. The van der Waals surface area contributed by atoms with E-state index in [1.165, 1.54) is 6.07 Å². The summed E-state index contributed by atoms with van der Waals surface area (Å²) >= 11 is 0. The number of halogens is 1. The average Bonchev–Trinajstić information content (AvgIpc) is 2.93. The molecular weight excluding hydrogens is 267 g/mol. The van der Waals surface area contributed by atoms with Gasteiger partial charge in [-0.1, -0.05) is 31.5 Å². The van der Waals surface area contributed by atoms with Gasteiger partial charge in [0.1, 0.15) is 5.82 Å². The smallest absolute Gasteiger partial charge is 0.223 e. The molecule has 0 aliphatic heterocycles. The van der Waals surface area contributed by atoms with Crippen LogP contribution in [0.5, 0.6) is 0 Å². The molecule has 0 spiro atoms.